The van der Waals surface area contributed by atoms with Gasteiger partial charge in [-0.3, -0.25) is 4.79 Å². The zero-order chi connectivity index (χ0) is 19.6. The van der Waals surface area contributed by atoms with Gasteiger partial charge in [0.15, 0.2) is 5.96 Å². The molecule has 0 radical (unpaired) electrons. The molecule has 1 aliphatic heterocycles. The third-order valence-corrected chi connectivity index (χ3v) is 6.93. The van der Waals surface area contributed by atoms with Crippen LogP contribution in [0.25, 0.3) is 0 Å². The van der Waals surface area contributed by atoms with Gasteiger partial charge in [-0.2, -0.15) is 0 Å². The van der Waals surface area contributed by atoms with Gasteiger partial charge < -0.3 is 20.3 Å². The van der Waals surface area contributed by atoms with Crippen LogP contribution in [0.5, 0.6) is 0 Å². The average Bonchev–Trinajstić information content (AvgIpc) is 2.65. The highest BCUT2D eigenvalue weighted by Gasteiger charge is 2.58. The number of amides is 1. The van der Waals surface area contributed by atoms with Crippen LogP contribution in [-0.2, 0) is 9.53 Å². The minimum Gasteiger partial charge on any atom is -0.377 e. The Morgan fingerprint density at radius 1 is 1.14 bits per heavy atom. The van der Waals surface area contributed by atoms with E-state index in [0.29, 0.717) is 30.0 Å². The summed E-state index contributed by atoms with van der Waals surface area (Å²) in [6.07, 6.45) is 7.68. The Morgan fingerprint density at radius 2 is 1.86 bits per heavy atom. The molecular formula is C21H39IN4O2. The molecule has 0 aromatic rings. The molecule has 3 fully saturated rings. The van der Waals surface area contributed by atoms with Crippen molar-refractivity contribution in [2.45, 2.75) is 77.5 Å². The Morgan fingerprint density at radius 3 is 2.54 bits per heavy atom. The van der Waals surface area contributed by atoms with Gasteiger partial charge in [-0.15, -0.1) is 24.0 Å². The van der Waals surface area contributed by atoms with Crippen LogP contribution in [0.2, 0.25) is 0 Å². The lowest BCUT2D eigenvalue weighted by Crippen LogP contribution is -2.71. The van der Waals surface area contributed by atoms with E-state index in [4.69, 9.17) is 4.74 Å². The van der Waals surface area contributed by atoms with Crippen molar-refractivity contribution in [3.63, 3.8) is 0 Å². The number of hydrogen-bond donors (Lipinski definition) is 2. The van der Waals surface area contributed by atoms with Gasteiger partial charge in [0.2, 0.25) is 5.91 Å². The van der Waals surface area contributed by atoms with Crippen LogP contribution < -0.4 is 10.6 Å². The number of ether oxygens (including phenoxy) is 1. The fourth-order valence-corrected chi connectivity index (χ4v) is 5.09. The lowest BCUT2D eigenvalue weighted by molar-refractivity contribution is -0.188. The van der Waals surface area contributed by atoms with Crippen molar-refractivity contribution >= 4 is 35.8 Å². The second kappa shape index (κ2) is 9.96. The number of guanidine groups is 1. The number of hydrogen-bond acceptors (Lipinski definition) is 3. The zero-order valence-corrected chi connectivity index (χ0v) is 20.5. The number of aliphatic imine (C=N–C) groups is 1. The maximum absolute atomic E-state index is 12.1. The second-order valence-electron chi connectivity index (χ2n) is 9.51. The molecule has 0 bridgehead atoms. The van der Waals surface area contributed by atoms with E-state index in [-0.39, 0.29) is 41.8 Å². The second-order valence-corrected chi connectivity index (χ2v) is 9.51. The molecule has 5 atom stereocenters. The van der Waals surface area contributed by atoms with Gasteiger partial charge in [0.1, 0.15) is 6.54 Å². The Labute approximate surface area is 187 Å². The molecule has 0 aromatic heterocycles. The van der Waals surface area contributed by atoms with E-state index in [0.717, 1.165) is 19.0 Å². The molecule has 3 rings (SSSR count). The summed E-state index contributed by atoms with van der Waals surface area (Å²) >= 11 is 0. The van der Waals surface area contributed by atoms with Gasteiger partial charge in [-0.1, -0.05) is 33.6 Å². The Bertz CT molecular complexity index is 567. The van der Waals surface area contributed by atoms with E-state index in [1.807, 2.05) is 0 Å². The molecule has 1 saturated heterocycles. The number of nitrogens with zero attached hydrogens (tertiary/aromatic N) is 2. The number of nitrogens with one attached hydrogen (secondary N) is 2. The van der Waals surface area contributed by atoms with Gasteiger partial charge in [-0.05, 0) is 31.6 Å². The normalized spacial score (nSPS) is 34.3. The van der Waals surface area contributed by atoms with Crippen molar-refractivity contribution in [1.82, 2.24) is 15.5 Å². The molecule has 0 aromatic carbocycles. The van der Waals surface area contributed by atoms with Crippen molar-refractivity contribution in [3.8, 4) is 0 Å². The average molecular weight is 506 g/mol. The minimum atomic E-state index is 0. The first kappa shape index (κ1) is 23.7. The van der Waals surface area contributed by atoms with E-state index < -0.39 is 0 Å². The standard InChI is InChI=1S/C21H38N4O2.HI/c1-14-9-6-7-11-16(14)23-20(22-13-17(26)25(4)5)24-18-15-10-8-12-27-19(15)21(18,2)3;/h14-16,18-19H,6-13H2,1-5H3,(H2,22,23,24);1H. The molecule has 28 heavy (non-hydrogen) atoms. The van der Waals surface area contributed by atoms with Crippen LogP contribution in [0, 0.1) is 17.3 Å². The molecule has 162 valence electrons. The molecule has 2 aliphatic carbocycles. The Hall–Kier alpha value is -0.570. The topological polar surface area (TPSA) is 66.0 Å². The summed E-state index contributed by atoms with van der Waals surface area (Å²) in [6, 6.07) is 0.767. The van der Waals surface area contributed by atoms with Crippen molar-refractivity contribution in [3.05, 3.63) is 0 Å². The number of halogens is 1. The number of rotatable bonds is 4. The van der Waals surface area contributed by atoms with Gasteiger partial charge in [0, 0.05) is 44.1 Å². The largest absolute Gasteiger partial charge is 0.377 e. The first-order chi connectivity index (χ1) is 12.8. The SMILES string of the molecule is CC1CCCCC1NC(=NCC(=O)N(C)C)NC1C2CCCOC2C1(C)C.I. The molecule has 1 amide bonds. The monoisotopic (exact) mass is 506 g/mol. The predicted molar refractivity (Wildman–Crippen MR) is 124 cm³/mol. The molecule has 2 N–H and O–H groups in total. The highest BCUT2D eigenvalue weighted by Crippen LogP contribution is 2.51. The molecular weight excluding hydrogens is 467 g/mol. The molecule has 2 saturated carbocycles. The van der Waals surface area contributed by atoms with Gasteiger partial charge in [0.25, 0.3) is 0 Å². The summed E-state index contributed by atoms with van der Waals surface area (Å²) in [6.45, 7) is 7.94. The van der Waals surface area contributed by atoms with Crippen LogP contribution >= 0.6 is 24.0 Å². The molecule has 3 aliphatic rings. The summed E-state index contributed by atoms with van der Waals surface area (Å²) in [7, 11) is 3.56. The summed E-state index contributed by atoms with van der Waals surface area (Å²) < 4.78 is 6.04. The number of likely N-dealkylation sites (N-methyl/N-ethyl adjacent to an activating group) is 1. The first-order valence-electron chi connectivity index (χ1n) is 10.7. The van der Waals surface area contributed by atoms with E-state index in [1.54, 1.807) is 19.0 Å². The Kier molecular flexibility index (Phi) is 8.43. The predicted octanol–water partition coefficient (Wildman–Crippen LogP) is 3.01. The fourth-order valence-electron chi connectivity index (χ4n) is 5.09. The van der Waals surface area contributed by atoms with Crippen LogP contribution in [-0.4, -0.2) is 62.2 Å². The fraction of sp³-hybridized carbons (Fsp3) is 0.905. The third-order valence-electron chi connectivity index (χ3n) is 6.93. The quantitative estimate of drug-likeness (QED) is 0.350. The zero-order valence-electron chi connectivity index (χ0n) is 18.2. The van der Waals surface area contributed by atoms with Crippen LogP contribution in [0.3, 0.4) is 0 Å². The minimum absolute atomic E-state index is 0. The van der Waals surface area contributed by atoms with Gasteiger partial charge in [-0.25, -0.2) is 4.99 Å². The van der Waals surface area contributed by atoms with Crippen LogP contribution in [0.1, 0.15) is 59.3 Å². The highest BCUT2D eigenvalue weighted by molar-refractivity contribution is 14.0. The smallest absolute Gasteiger partial charge is 0.243 e. The third kappa shape index (κ3) is 5.12. The summed E-state index contributed by atoms with van der Waals surface area (Å²) in [4.78, 5) is 18.3. The van der Waals surface area contributed by atoms with E-state index in [1.165, 1.54) is 32.1 Å². The summed E-state index contributed by atoms with van der Waals surface area (Å²) in [5.74, 6) is 2.00. The van der Waals surface area contributed by atoms with Crippen molar-refractivity contribution < 1.29 is 9.53 Å². The first-order valence-corrected chi connectivity index (χ1v) is 10.7. The molecule has 7 heteroatoms. The molecule has 0 spiro atoms. The van der Waals surface area contributed by atoms with E-state index >= 15 is 0 Å². The molecule has 1 heterocycles. The van der Waals surface area contributed by atoms with Crippen molar-refractivity contribution in [2.24, 2.45) is 22.2 Å². The summed E-state index contributed by atoms with van der Waals surface area (Å²) in [5, 5.41) is 7.35. The number of fused-ring (bicyclic) bond motifs is 1. The van der Waals surface area contributed by atoms with E-state index in [9.17, 15) is 4.79 Å². The lowest BCUT2D eigenvalue weighted by Gasteiger charge is -2.60. The van der Waals surface area contributed by atoms with Crippen molar-refractivity contribution in [1.29, 1.82) is 0 Å². The Balaban J connectivity index is 0.00000280. The van der Waals surface area contributed by atoms with E-state index in [2.05, 4.69) is 36.4 Å². The number of carbonyl (C=O) groups is 1. The maximum Gasteiger partial charge on any atom is 0.243 e. The van der Waals surface area contributed by atoms with Crippen LogP contribution in [0.4, 0.5) is 0 Å². The van der Waals surface area contributed by atoms with Gasteiger partial charge in [0.05, 0.1) is 6.10 Å². The van der Waals surface area contributed by atoms with Gasteiger partial charge >= 0.3 is 0 Å². The number of carbonyl (C=O) groups excluding carboxylic acids is 1. The molecule has 5 unspecified atom stereocenters. The lowest BCUT2D eigenvalue weighted by atomic mass is 9.55. The highest BCUT2D eigenvalue weighted by atomic mass is 127. The van der Waals surface area contributed by atoms with Crippen molar-refractivity contribution in [2.75, 3.05) is 27.2 Å². The maximum atomic E-state index is 12.1. The van der Waals surface area contributed by atoms with Crippen LogP contribution in [0.15, 0.2) is 4.99 Å². The summed E-state index contributed by atoms with van der Waals surface area (Å²) in [5.41, 5.74) is 0.0806. The molecule has 6 nitrogen and oxygen atoms in total.